The van der Waals surface area contributed by atoms with Crippen LogP contribution in [0.4, 0.5) is 0 Å². The molecule has 1 heterocycles. The van der Waals surface area contributed by atoms with E-state index in [0.717, 1.165) is 38.7 Å². The van der Waals surface area contributed by atoms with E-state index in [0.29, 0.717) is 26.3 Å². The first-order valence-electron chi connectivity index (χ1n) is 10.2. The van der Waals surface area contributed by atoms with Gasteiger partial charge in [-0.1, -0.05) is 30.3 Å². The molecule has 1 aliphatic rings. The van der Waals surface area contributed by atoms with Crippen molar-refractivity contribution in [2.75, 3.05) is 52.4 Å². The van der Waals surface area contributed by atoms with Crippen molar-refractivity contribution in [3.63, 3.8) is 0 Å². The van der Waals surface area contributed by atoms with Gasteiger partial charge in [0.1, 0.15) is 0 Å². The first-order chi connectivity index (χ1) is 13.6. The van der Waals surface area contributed by atoms with Crippen LogP contribution in [0.5, 0.6) is 0 Å². The van der Waals surface area contributed by atoms with Crippen LogP contribution < -0.4 is 10.6 Å². The summed E-state index contributed by atoms with van der Waals surface area (Å²) < 4.78 is 5.72. The summed E-state index contributed by atoms with van der Waals surface area (Å²) in [5.74, 6) is 1.02. The maximum atomic E-state index is 11.9. The highest BCUT2D eigenvalue weighted by atomic mass is 16.5. The van der Waals surface area contributed by atoms with E-state index in [9.17, 15) is 4.79 Å². The third-order valence-corrected chi connectivity index (χ3v) is 4.43. The van der Waals surface area contributed by atoms with E-state index in [1.54, 1.807) is 0 Å². The molecule has 0 aliphatic carbocycles. The molecule has 28 heavy (non-hydrogen) atoms. The number of hydrogen-bond acceptors (Lipinski definition) is 4. The summed E-state index contributed by atoms with van der Waals surface area (Å²) in [5, 5.41) is 6.32. The average molecular weight is 390 g/mol. The number of carbonyl (C=O) groups is 1. The van der Waals surface area contributed by atoms with Gasteiger partial charge in [-0.05, 0) is 26.3 Å². The molecular weight excluding hydrogens is 354 g/mol. The minimum atomic E-state index is 0.0968. The summed E-state index contributed by atoms with van der Waals surface area (Å²) in [4.78, 5) is 21.1. The van der Waals surface area contributed by atoms with Crippen molar-refractivity contribution in [2.24, 2.45) is 4.99 Å². The van der Waals surface area contributed by atoms with E-state index in [1.165, 1.54) is 5.56 Å². The minimum absolute atomic E-state index is 0.0968. The average Bonchev–Trinajstić information content (AvgIpc) is 2.68. The van der Waals surface area contributed by atoms with Crippen molar-refractivity contribution < 1.29 is 9.53 Å². The molecular formula is C21H35N5O2. The smallest absolute Gasteiger partial charge is 0.234 e. The lowest BCUT2D eigenvalue weighted by Crippen LogP contribution is -2.54. The molecule has 1 aromatic rings. The molecule has 0 atom stereocenters. The van der Waals surface area contributed by atoms with Crippen LogP contribution in [0.15, 0.2) is 35.3 Å². The summed E-state index contributed by atoms with van der Waals surface area (Å²) in [7, 11) is 0. The van der Waals surface area contributed by atoms with E-state index in [1.807, 2.05) is 32.0 Å². The van der Waals surface area contributed by atoms with Crippen molar-refractivity contribution in [3.05, 3.63) is 35.9 Å². The van der Waals surface area contributed by atoms with Gasteiger partial charge in [0.2, 0.25) is 5.91 Å². The van der Waals surface area contributed by atoms with Gasteiger partial charge in [-0.25, -0.2) is 0 Å². The highest BCUT2D eigenvalue weighted by Gasteiger charge is 2.21. The van der Waals surface area contributed by atoms with Crippen LogP contribution in [-0.4, -0.2) is 80.1 Å². The van der Waals surface area contributed by atoms with Gasteiger partial charge in [-0.3, -0.25) is 14.7 Å². The molecule has 1 aliphatic heterocycles. The molecule has 2 rings (SSSR count). The van der Waals surface area contributed by atoms with Gasteiger partial charge in [0.15, 0.2) is 5.96 Å². The molecule has 156 valence electrons. The lowest BCUT2D eigenvalue weighted by atomic mass is 10.2. The maximum absolute atomic E-state index is 11.9. The highest BCUT2D eigenvalue weighted by Crippen LogP contribution is 2.03. The molecule has 7 heteroatoms. The normalized spacial score (nSPS) is 15.7. The van der Waals surface area contributed by atoms with Gasteiger partial charge in [-0.2, -0.15) is 0 Å². The van der Waals surface area contributed by atoms with E-state index in [4.69, 9.17) is 9.73 Å². The predicted octanol–water partition coefficient (Wildman–Crippen LogP) is 1.31. The lowest BCUT2D eigenvalue weighted by molar-refractivity contribution is -0.123. The second-order valence-corrected chi connectivity index (χ2v) is 7.26. The number of hydrogen-bond donors (Lipinski definition) is 2. The van der Waals surface area contributed by atoms with Gasteiger partial charge in [0, 0.05) is 38.8 Å². The summed E-state index contributed by atoms with van der Waals surface area (Å²) in [6, 6.07) is 10.4. The zero-order valence-electron chi connectivity index (χ0n) is 17.5. The quantitative estimate of drug-likeness (QED) is 0.379. The van der Waals surface area contributed by atoms with Gasteiger partial charge in [-0.15, -0.1) is 0 Å². The number of nitrogens with one attached hydrogen (secondary N) is 2. The Kier molecular flexibility index (Phi) is 9.79. The Morgan fingerprint density at radius 2 is 1.89 bits per heavy atom. The van der Waals surface area contributed by atoms with E-state index in [-0.39, 0.29) is 11.9 Å². The zero-order valence-corrected chi connectivity index (χ0v) is 17.5. The third kappa shape index (κ3) is 8.27. The van der Waals surface area contributed by atoms with Crippen LogP contribution in [0, 0.1) is 0 Å². The SMILES string of the molecule is CCNC(=NCCOCc1ccccc1)N1CCN(CC(=O)NC(C)C)CC1. The van der Waals surface area contributed by atoms with Gasteiger partial charge in [0.05, 0.1) is 26.3 Å². The fraction of sp³-hybridized carbons (Fsp3) is 0.619. The molecule has 1 fully saturated rings. The second kappa shape index (κ2) is 12.4. The minimum Gasteiger partial charge on any atom is -0.375 e. The first kappa shape index (κ1) is 22.2. The predicted molar refractivity (Wildman–Crippen MR) is 113 cm³/mol. The molecule has 1 saturated heterocycles. The maximum Gasteiger partial charge on any atom is 0.234 e. The van der Waals surface area contributed by atoms with Crippen molar-refractivity contribution in [1.29, 1.82) is 0 Å². The Bertz CT molecular complexity index is 598. The zero-order chi connectivity index (χ0) is 20.2. The molecule has 0 unspecified atom stereocenters. The van der Waals surface area contributed by atoms with Crippen LogP contribution in [0.3, 0.4) is 0 Å². The molecule has 0 spiro atoms. The van der Waals surface area contributed by atoms with Gasteiger partial charge < -0.3 is 20.3 Å². The molecule has 7 nitrogen and oxygen atoms in total. The van der Waals surface area contributed by atoms with Crippen LogP contribution in [0.25, 0.3) is 0 Å². The number of ether oxygens (including phenoxy) is 1. The summed E-state index contributed by atoms with van der Waals surface area (Å²) in [6.07, 6.45) is 0. The van der Waals surface area contributed by atoms with Crippen molar-refractivity contribution >= 4 is 11.9 Å². The van der Waals surface area contributed by atoms with E-state index < -0.39 is 0 Å². The Morgan fingerprint density at radius 3 is 2.54 bits per heavy atom. The van der Waals surface area contributed by atoms with E-state index >= 15 is 0 Å². The largest absolute Gasteiger partial charge is 0.375 e. The molecule has 2 N–H and O–H groups in total. The van der Waals surface area contributed by atoms with Crippen LogP contribution in [0.1, 0.15) is 26.3 Å². The summed E-state index contributed by atoms with van der Waals surface area (Å²) in [5.41, 5.74) is 1.18. The standard InChI is InChI=1S/C21H35N5O2/c1-4-22-21(23-10-15-28-17-19-8-6-5-7-9-19)26-13-11-25(12-14-26)16-20(27)24-18(2)3/h5-9,18H,4,10-17H2,1-3H3,(H,22,23)(H,24,27). The number of benzene rings is 1. The van der Waals surface area contributed by atoms with Crippen molar-refractivity contribution in [3.8, 4) is 0 Å². The number of aliphatic imine (C=N–C) groups is 1. The Labute approximate surface area is 169 Å². The molecule has 0 aromatic heterocycles. The molecule has 0 radical (unpaired) electrons. The number of carbonyl (C=O) groups excluding carboxylic acids is 1. The summed E-state index contributed by atoms with van der Waals surface area (Å²) in [6.45, 7) is 12.6. The van der Waals surface area contributed by atoms with Crippen molar-refractivity contribution in [2.45, 2.75) is 33.4 Å². The fourth-order valence-corrected chi connectivity index (χ4v) is 3.09. The van der Waals surface area contributed by atoms with Gasteiger partial charge in [0.25, 0.3) is 0 Å². The molecule has 0 saturated carbocycles. The van der Waals surface area contributed by atoms with Crippen LogP contribution in [-0.2, 0) is 16.1 Å². The fourth-order valence-electron chi connectivity index (χ4n) is 3.09. The Morgan fingerprint density at radius 1 is 1.18 bits per heavy atom. The van der Waals surface area contributed by atoms with Gasteiger partial charge >= 0.3 is 0 Å². The van der Waals surface area contributed by atoms with E-state index in [2.05, 4.69) is 39.5 Å². The van der Waals surface area contributed by atoms with Crippen molar-refractivity contribution in [1.82, 2.24) is 20.4 Å². The molecule has 1 aromatic carbocycles. The lowest BCUT2D eigenvalue weighted by Gasteiger charge is -2.36. The van der Waals surface area contributed by atoms with Crippen LogP contribution in [0.2, 0.25) is 0 Å². The molecule has 1 amide bonds. The topological polar surface area (TPSA) is 69.2 Å². The second-order valence-electron chi connectivity index (χ2n) is 7.26. The Balaban J connectivity index is 1.72. The number of rotatable bonds is 9. The first-order valence-corrected chi connectivity index (χ1v) is 10.2. The monoisotopic (exact) mass is 389 g/mol. The highest BCUT2D eigenvalue weighted by molar-refractivity contribution is 5.80. The molecule has 0 bridgehead atoms. The third-order valence-electron chi connectivity index (χ3n) is 4.43. The number of nitrogens with zero attached hydrogens (tertiary/aromatic N) is 3. The number of amides is 1. The Hall–Kier alpha value is -2.12. The number of piperazine rings is 1. The van der Waals surface area contributed by atoms with Crippen LogP contribution >= 0.6 is 0 Å². The summed E-state index contributed by atoms with van der Waals surface area (Å²) >= 11 is 0. The number of guanidine groups is 1.